The van der Waals surface area contributed by atoms with Crippen molar-refractivity contribution in [2.45, 2.75) is 32.4 Å². The summed E-state index contributed by atoms with van der Waals surface area (Å²) in [5.74, 6) is -0.142. The van der Waals surface area contributed by atoms with E-state index in [4.69, 9.17) is 4.43 Å². The lowest BCUT2D eigenvalue weighted by molar-refractivity contribution is 0.240. The van der Waals surface area contributed by atoms with E-state index < -0.39 is 9.04 Å². The van der Waals surface area contributed by atoms with Crippen LogP contribution in [-0.4, -0.2) is 15.6 Å². The fourth-order valence-electron chi connectivity index (χ4n) is 1.46. The molecule has 0 aliphatic carbocycles. The van der Waals surface area contributed by atoms with Gasteiger partial charge in [0.2, 0.25) is 0 Å². The molecule has 1 aromatic rings. The first-order valence-corrected chi connectivity index (χ1v) is 8.08. The van der Waals surface area contributed by atoms with Crippen LogP contribution in [0.25, 0.3) is 0 Å². The standard InChI is InChI=1S/C12H19FOSi/c1-12(2,9-14-15(3)4)10-7-5-6-8-11(10)13/h5-8,15H,9H2,1-4H3. The summed E-state index contributed by atoms with van der Waals surface area (Å²) in [5, 5.41) is 0. The van der Waals surface area contributed by atoms with Crippen molar-refractivity contribution in [1.82, 2.24) is 0 Å². The van der Waals surface area contributed by atoms with E-state index in [2.05, 4.69) is 13.1 Å². The van der Waals surface area contributed by atoms with Crippen LogP contribution < -0.4 is 0 Å². The van der Waals surface area contributed by atoms with Gasteiger partial charge in [-0.15, -0.1) is 0 Å². The second-order valence-corrected chi connectivity index (χ2v) is 7.15. The van der Waals surface area contributed by atoms with Crippen molar-refractivity contribution in [2.75, 3.05) is 6.61 Å². The molecule has 0 atom stereocenters. The molecule has 0 spiro atoms. The highest BCUT2D eigenvalue weighted by Gasteiger charge is 2.24. The minimum Gasteiger partial charge on any atom is -0.420 e. The molecule has 0 N–H and O–H groups in total. The molecule has 0 radical (unpaired) electrons. The molecular weight excluding hydrogens is 207 g/mol. The molecule has 1 rings (SSSR count). The Morgan fingerprint density at radius 3 is 2.40 bits per heavy atom. The zero-order chi connectivity index (χ0) is 11.5. The predicted molar refractivity (Wildman–Crippen MR) is 64.3 cm³/mol. The fourth-order valence-corrected chi connectivity index (χ4v) is 2.21. The van der Waals surface area contributed by atoms with Crippen LogP contribution in [0.15, 0.2) is 24.3 Å². The molecule has 0 saturated heterocycles. The summed E-state index contributed by atoms with van der Waals surface area (Å²) < 4.78 is 19.3. The molecule has 0 heterocycles. The highest BCUT2D eigenvalue weighted by molar-refractivity contribution is 6.48. The molecule has 84 valence electrons. The number of halogens is 1. The first-order valence-electron chi connectivity index (χ1n) is 5.30. The van der Waals surface area contributed by atoms with E-state index in [1.165, 1.54) is 6.07 Å². The van der Waals surface area contributed by atoms with Crippen molar-refractivity contribution >= 4 is 9.04 Å². The zero-order valence-corrected chi connectivity index (χ0v) is 11.0. The second-order valence-electron chi connectivity index (χ2n) is 4.72. The molecule has 0 amide bonds. The summed E-state index contributed by atoms with van der Waals surface area (Å²) in [6.07, 6.45) is 0. The van der Waals surface area contributed by atoms with Crippen LogP contribution in [0.3, 0.4) is 0 Å². The molecule has 0 unspecified atom stereocenters. The summed E-state index contributed by atoms with van der Waals surface area (Å²) in [6.45, 7) is 8.87. The summed E-state index contributed by atoms with van der Waals surface area (Å²) in [6, 6.07) is 6.92. The van der Waals surface area contributed by atoms with Gasteiger partial charge >= 0.3 is 0 Å². The molecule has 0 saturated carbocycles. The van der Waals surface area contributed by atoms with Gasteiger partial charge in [0.05, 0.1) is 0 Å². The molecule has 0 aliphatic rings. The maximum absolute atomic E-state index is 13.6. The molecule has 0 aliphatic heterocycles. The maximum Gasteiger partial charge on any atom is 0.170 e. The Labute approximate surface area is 93.0 Å². The van der Waals surface area contributed by atoms with Crippen LogP contribution in [0.1, 0.15) is 19.4 Å². The summed E-state index contributed by atoms with van der Waals surface area (Å²) in [7, 11) is -1.03. The Bertz CT molecular complexity index is 323. The first-order chi connectivity index (χ1) is 6.93. The Hall–Kier alpha value is -0.673. The van der Waals surface area contributed by atoms with E-state index in [1.807, 2.05) is 26.0 Å². The maximum atomic E-state index is 13.6. The minimum atomic E-state index is -1.03. The number of rotatable bonds is 4. The summed E-state index contributed by atoms with van der Waals surface area (Å²) >= 11 is 0. The molecule has 0 aromatic heterocycles. The normalized spacial score (nSPS) is 12.1. The van der Waals surface area contributed by atoms with E-state index in [-0.39, 0.29) is 11.2 Å². The van der Waals surface area contributed by atoms with Gasteiger partial charge in [0.25, 0.3) is 0 Å². The number of hydrogen-bond donors (Lipinski definition) is 0. The van der Waals surface area contributed by atoms with Crippen molar-refractivity contribution in [2.24, 2.45) is 0 Å². The monoisotopic (exact) mass is 226 g/mol. The van der Waals surface area contributed by atoms with Crippen LogP contribution >= 0.6 is 0 Å². The van der Waals surface area contributed by atoms with Gasteiger partial charge in [0, 0.05) is 12.0 Å². The lowest BCUT2D eigenvalue weighted by Crippen LogP contribution is -2.28. The average molecular weight is 226 g/mol. The Balaban J connectivity index is 2.81. The highest BCUT2D eigenvalue weighted by Crippen LogP contribution is 2.26. The van der Waals surface area contributed by atoms with Crippen LogP contribution in [0, 0.1) is 5.82 Å². The third-order valence-corrected chi connectivity index (χ3v) is 3.21. The summed E-state index contributed by atoms with van der Waals surface area (Å²) in [5.41, 5.74) is 0.488. The topological polar surface area (TPSA) is 9.23 Å². The molecule has 1 nitrogen and oxygen atoms in total. The van der Waals surface area contributed by atoms with Crippen molar-refractivity contribution in [1.29, 1.82) is 0 Å². The Morgan fingerprint density at radius 2 is 1.87 bits per heavy atom. The molecule has 1 aromatic carbocycles. The van der Waals surface area contributed by atoms with E-state index in [1.54, 1.807) is 6.07 Å². The lowest BCUT2D eigenvalue weighted by atomic mass is 9.85. The van der Waals surface area contributed by atoms with Gasteiger partial charge in [-0.05, 0) is 24.7 Å². The van der Waals surface area contributed by atoms with Gasteiger partial charge in [0.1, 0.15) is 5.82 Å². The van der Waals surface area contributed by atoms with Crippen LogP contribution in [0.2, 0.25) is 13.1 Å². The number of benzene rings is 1. The third kappa shape index (κ3) is 3.43. The SMILES string of the molecule is C[SiH](C)OCC(C)(C)c1ccccc1F. The van der Waals surface area contributed by atoms with Crippen LogP contribution in [-0.2, 0) is 9.84 Å². The third-order valence-electron chi connectivity index (χ3n) is 2.38. The quantitative estimate of drug-likeness (QED) is 0.717. The molecule has 15 heavy (non-hydrogen) atoms. The largest absolute Gasteiger partial charge is 0.420 e. The predicted octanol–water partition coefficient (Wildman–Crippen LogP) is 3.10. The van der Waals surface area contributed by atoms with Crippen molar-refractivity contribution < 1.29 is 8.82 Å². The Morgan fingerprint density at radius 1 is 1.27 bits per heavy atom. The van der Waals surface area contributed by atoms with Gasteiger partial charge in [0.15, 0.2) is 9.04 Å². The van der Waals surface area contributed by atoms with Crippen LogP contribution in [0.4, 0.5) is 4.39 Å². The molecule has 3 heteroatoms. The van der Waals surface area contributed by atoms with E-state index in [9.17, 15) is 4.39 Å². The van der Waals surface area contributed by atoms with Gasteiger partial charge < -0.3 is 4.43 Å². The van der Waals surface area contributed by atoms with Crippen molar-refractivity contribution in [3.8, 4) is 0 Å². The van der Waals surface area contributed by atoms with Gasteiger partial charge in [-0.1, -0.05) is 32.0 Å². The van der Waals surface area contributed by atoms with Crippen molar-refractivity contribution in [3.05, 3.63) is 35.6 Å². The summed E-state index contributed by atoms with van der Waals surface area (Å²) in [4.78, 5) is 0. The fraction of sp³-hybridized carbons (Fsp3) is 0.500. The molecule has 0 bridgehead atoms. The molecular formula is C12H19FOSi. The van der Waals surface area contributed by atoms with Gasteiger partial charge in [-0.25, -0.2) is 4.39 Å². The van der Waals surface area contributed by atoms with Crippen molar-refractivity contribution in [3.63, 3.8) is 0 Å². The van der Waals surface area contributed by atoms with E-state index in [0.29, 0.717) is 6.61 Å². The van der Waals surface area contributed by atoms with E-state index in [0.717, 1.165) is 5.56 Å². The lowest BCUT2D eigenvalue weighted by Gasteiger charge is -2.26. The zero-order valence-electron chi connectivity index (χ0n) is 9.88. The van der Waals surface area contributed by atoms with Gasteiger partial charge in [-0.2, -0.15) is 0 Å². The van der Waals surface area contributed by atoms with Crippen LogP contribution in [0.5, 0.6) is 0 Å². The minimum absolute atomic E-state index is 0.142. The first kappa shape index (κ1) is 12.4. The van der Waals surface area contributed by atoms with Gasteiger partial charge in [-0.3, -0.25) is 0 Å². The number of hydrogen-bond acceptors (Lipinski definition) is 1. The molecule has 0 fully saturated rings. The average Bonchev–Trinajstić information content (AvgIpc) is 2.15. The van der Waals surface area contributed by atoms with E-state index >= 15 is 0 Å². The highest BCUT2D eigenvalue weighted by atomic mass is 28.3. The Kier molecular flexibility index (Phi) is 4.05. The second kappa shape index (κ2) is 4.90. The smallest absolute Gasteiger partial charge is 0.170 e.